The van der Waals surface area contributed by atoms with E-state index in [0.29, 0.717) is 11.5 Å². The van der Waals surface area contributed by atoms with Crippen molar-refractivity contribution in [2.45, 2.75) is 45.6 Å². The molecule has 1 saturated heterocycles. The number of thioether (sulfide) groups is 1. The number of hydrogen-bond donors (Lipinski definition) is 1. The van der Waals surface area contributed by atoms with Gasteiger partial charge in [-0.15, -0.1) is 0 Å². The van der Waals surface area contributed by atoms with Crippen LogP contribution in [0.3, 0.4) is 0 Å². The maximum Gasteiger partial charge on any atom is 0.156 e. The van der Waals surface area contributed by atoms with Crippen LogP contribution < -0.4 is 5.32 Å². The van der Waals surface area contributed by atoms with Gasteiger partial charge in [0.1, 0.15) is 0 Å². The molecular formula is C13H24N2OS2. The van der Waals surface area contributed by atoms with Gasteiger partial charge < -0.3 is 5.32 Å². The Labute approximate surface area is 117 Å². The average Bonchev–Trinajstić information content (AvgIpc) is 2.43. The Bertz CT molecular complexity index is 330. The molecule has 104 valence electrons. The summed E-state index contributed by atoms with van der Waals surface area (Å²) < 4.78 is 11.3. The lowest BCUT2D eigenvalue weighted by molar-refractivity contribution is 0.317. The van der Waals surface area contributed by atoms with Gasteiger partial charge in [-0.3, -0.25) is 9.20 Å². The molecule has 0 bridgehead atoms. The van der Waals surface area contributed by atoms with Crippen LogP contribution in [0.25, 0.3) is 0 Å². The molecule has 1 N–H and O–H groups in total. The second-order valence-corrected chi connectivity index (χ2v) is 8.04. The van der Waals surface area contributed by atoms with Crippen LogP contribution in [-0.4, -0.2) is 39.2 Å². The Morgan fingerprint density at radius 3 is 2.56 bits per heavy atom. The third kappa shape index (κ3) is 3.50. The summed E-state index contributed by atoms with van der Waals surface area (Å²) in [6, 6.07) is 0.490. The van der Waals surface area contributed by atoms with Gasteiger partial charge in [0, 0.05) is 40.6 Å². The molecule has 0 atom stereocenters. The van der Waals surface area contributed by atoms with Crippen molar-refractivity contribution < 1.29 is 4.21 Å². The molecule has 0 spiro atoms. The summed E-state index contributed by atoms with van der Waals surface area (Å²) in [5.41, 5.74) is 0.421. The molecule has 2 rings (SSSR count). The van der Waals surface area contributed by atoms with Crippen LogP contribution in [0.15, 0.2) is 4.99 Å². The summed E-state index contributed by atoms with van der Waals surface area (Å²) >= 11 is 1.88. The van der Waals surface area contributed by atoms with E-state index in [2.05, 4.69) is 19.2 Å². The van der Waals surface area contributed by atoms with Gasteiger partial charge in [-0.1, -0.05) is 25.6 Å². The second-order valence-electron chi connectivity index (χ2n) is 5.38. The highest BCUT2D eigenvalue weighted by atomic mass is 32.2. The molecule has 0 aromatic heterocycles. The van der Waals surface area contributed by atoms with E-state index in [0.717, 1.165) is 36.1 Å². The first-order valence-electron chi connectivity index (χ1n) is 6.96. The third-order valence-corrected chi connectivity index (χ3v) is 6.95. The van der Waals surface area contributed by atoms with Crippen molar-refractivity contribution in [3.05, 3.63) is 0 Å². The van der Waals surface area contributed by atoms with Crippen molar-refractivity contribution in [2.75, 3.05) is 23.8 Å². The number of hydrogen-bond acceptors (Lipinski definition) is 4. The molecule has 0 radical (unpaired) electrons. The Morgan fingerprint density at radius 1 is 1.39 bits per heavy atom. The molecule has 1 fully saturated rings. The summed E-state index contributed by atoms with van der Waals surface area (Å²) in [5, 5.41) is 4.66. The first kappa shape index (κ1) is 14.4. The fraction of sp³-hybridized carbons (Fsp3) is 0.923. The van der Waals surface area contributed by atoms with Gasteiger partial charge in [0.05, 0.1) is 0 Å². The molecule has 0 aromatic carbocycles. The molecular weight excluding hydrogens is 264 g/mol. The molecule has 0 unspecified atom stereocenters. The number of amidine groups is 1. The molecule has 3 nitrogen and oxygen atoms in total. The highest BCUT2D eigenvalue weighted by molar-refractivity contribution is 8.13. The predicted molar refractivity (Wildman–Crippen MR) is 81.8 cm³/mol. The number of aliphatic imine (C=N–C) groups is 1. The Kier molecular flexibility index (Phi) is 5.13. The molecule has 2 aliphatic rings. The van der Waals surface area contributed by atoms with E-state index < -0.39 is 10.8 Å². The van der Waals surface area contributed by atoms with Gasteiger partial charge >= 0.3 is 0 Å². The highest BCUT2D eigenvalue weighted by Crippen LogP contribution is 2.34. The average molecular weight is 288 g/mol. The molecule has 18 heavy (non-hydrogen) atoms. The van der Waals surface area contributed by atoms with E-state index in [1.165, 1.54) is 18.6 Å². The number of nitrogens with zero attached hydrogens (tertiary/aromatic N) is 1. The SMILES string of the molecule is CCC1(CC)CN=C(NC2CCS(=O)CC2)SC1. The van der Waals surface area contributed by atoms with Crippen LogP contribution in [-0.2, 0) is 10.8 Å². The summed E-state index contributed by atoms with van der Waals surface area (Å²) in [6.45, 7) is 5.51. The standard InChI is InChI=1S/C13H24N2OS2/c1-3-13(4-2)9-14-12(17-10-13)15-11-5-7-18(16)8-6-11/h11H,3-10H2,1-2H3,(H,14,15). The minimum atomic E-state index is -0.569. The summed E-state index contributed by atoms with van der Waals surface area (Å²) in [4.78, 5) is 4.73. The van der Waals surface area contributed by atoms with Crippen molar-refractivity contribution in [3.8, 4) is 0 Å². The van der Waals surface area contributed by atoms with Crippen LogP contribution in [0.5, 0.6) is 0 Å². The molecule has 5 heteroatoms. The minimum absolute atomic E-state index is 0.421. The van der Waals surface area contributed by atoms with Gasteiger partial charge in [-0.2, -0.15) is 0 Å². The van der Waals surface area contributed by atoms with Crippen molar-refractivity contribution in [1.82, 2.24) is 5.32 Å². The molecule has 0 aromatic rings. The zero-order valence-corrected chi connectivity index (χ0v) is 13.0. The molecule has 2 heterocycles. The normalized spacial score (nSPS) is 31.8. The van der Waals surface area contributed by atoms with Crippen LogP contribution >= 0.6 is 11.8 Å². The second kappa shape index (κ2) is 6.42. The van der Waals surface area contributed by atoms with Crippen LogP contribution in [0, 0.1) is 5.41 Å². The van der Waals surface area contributed by atoms with E-state index >= 15 is 0 Å². The summed E-state index contributed by atoms with van der Waals surface area (Å²) in [7, 11) is -0.569. The van der Waals surface area contributed by atoms with Crippen molar-refractivity contribution >= 4 is 27.7 Å². The molecule has 0 aliphatic carbocycles. The van der Waals surface area contributed by atoms with Gasteiger partial charge in [-0.25, -0.2) is 0 Å². The Balaban J connectivity index is 1.85. The van der Waals surface area contributed by atoms with E-state index in [1.807, 2.05) is 11.8 Å². The quantitative estimate of drug-likeness (QED) is 0.867. The van der Waals surface area contributed by atoms with E-state index in [9.17, 15) is 4.21 Å². The monoisotopic (exact) mass is 288 g/mol. The number of rotatable bonds is 3. The largest absolute Gasteiger partial charge is 0.362 e. The lowest BCUT2D eigenvalue weighted by Gasteiger charge is -2.34. The van der Waals surface area contributed by atoms with Crippen LogP contribution in [0.1, 0.15) is 39.5 Å². The van der Waals surface area contributed by atoms with Gasteiger partial charge in [-0.05, 0) is 31.1 Å². The zero-order valence-electron chi connectivity index (χ0n) is 11.4. The molecule has 0 saturated carbocycles. The van der Waals surface area contributed by atoms with Gasteiger partial charge in [0.25, 0.3) is 0 Å². The first-order chi connectivity index (χ1) is 8.67. The lowest BCUT2D eigenvalue weighted by Crippen LogP contribution is -2.41. The van der Waals surface area contributed by atoms with E-state index in [4.69, 9.17) is 4.99 Å². The van der Waals surface area contributed by atoms with Gasteiger partial charge in [0.2, 0.25) is 0 Å². The number of nitrogens with one attached hydrogen (secondary N) is 1. The predicted octanol–water partition coefficient (Wildman–Crippen LogP) is 2.40. The van der Waals surface area contributed by atoms with Crippen molar-refractivity contribution in [2.24, 2.45) is 10.4 Å². The molecule has 2 aliphatic heterocycles. The fourth-order valence-corrected chi connectivity index (χ4v) is 5.08. The Morgan fingerprint density at radius 2 is 2.06 bits per heavy atom. The van der Waals surface area contributed by atoms with Crippen LogP contribution in [0.4, 0.5) is 0 Å². The lowest BCUT2D eigenvalue weighted by atomic mass is 9.84. The molecule has 0 amide bonds. The Hall–Kier alpha value is -0.0300. The van der Waals surface area contributed by atoms with E-state index in [1.54, 1.807) is 0 Å². The van der Waals surface area contributed by atoms with Crippen molar-refractivity contribution in [3.63, 3.8) is 0 Å². The smallest absolute Gasteiger partial charge is 0.156 e. The van der Waals surface area contributed by atoms with Crippen molar-refractivity contribution in [1.29, 1.82) is 0 Å². The first-order valence-corrected chi connectivity index (χ1v) is 9.43. The minimum Gasteiger partial charge on any atom is -0.362 e. The van der Waals surface area contributed by atoms with Crippen LogP contribution in [0.2, 0.25) is 0 Å². The topological polar surface area (TPSA) is 41.5 Å². The third-order valence-electron chi connectivity index (χ3n) is 4.29. The summed E-state index contributed by atoms with van der Waals surface area (Å²) in [5.74, 6) is 2.89. The van der Waals surface area contributed by atoms with E-state index in [-0.39, 0.29) is 0 Å². The highest BCUT2D eigenvalue weighted by Gasteiger charge is 2.30. The zero-order chi connectivity index (χ0) is 13.0. The summed E-state index contributed by atoms with van der Waals surface area (Å²) in [6.07, 6.45) is 4.49. The van der Waals surface area contributed by atoms with Gasteiger partial charge in [0.15, 0.2) is 5.17 Å². The fourth-order valence-electron chi connectivity index (χ4n) is 2.43. The maximum atomic E-state index is 11.3. The maximum absolute atomic E-state index is 11.3.